The number of benzene rings is 1. The van der Waals surface area contributed by atoms with Crippen LogP contribution in [0.4, 0.5) is 0 Å². The first-order valence-corrected chi connectivity index (χ1v) is 6.94. The SMILES string of the molecule is O=C(O)c1ccc(-c2c(Cl)c(Cl)c(Cl)c(Cl)c2Cl)nc1. The van der Waals surface area contributed by atoms with Crippen molar-refractivity contribution in [3.8, 4) is 11.3 Å². The molecule has 0 bridgehead atoms. The predicted octanol–water partition coefficient (Wildman–Crippen LogP) is 5.71. The molecule has 1 aromatic carbocycles. The van der Waals surface area contributed by atoms with E-state index in [4.69, 9.17) is 63.1 Å². The zero-order chi connectivity index (χ0) is 15.0. The third-order valence-electron chi connectivity index (χ3n) is 2.48. The number of hydrogen-bond acceptors (Lipinski definition) is 2. The molecule has 0 aliphatic heterocycles. The maximum Gasteiger partial charge on any atom is 0.337 e. The number of aromatic carboxylic acids is 1. The molecule has 3 nitrogen and oxygen atoms in total. The van der Waals surface area contributed by atoms with E-state index in [1.807, 2.05) is 0 Å². The maximum atomic E-state index is 10.8. The van der Waals surface area contributed by atoms with Crippen molar-refractivity contribution in [3.63, 3.8) is 0 Å². The number of aromatic nitrogens is 1. The lowest BCUT2D eigenvalue weighted by Crippen LogP contribution is -1.97. The smallest absolute Gasteiger partial charge is 0.337 e. The Bertz CT molecular complexity index is 671. The van der Waals surface area contributed by atoms with Gasteiger partial charge in [0.25, 0.3) is 0 Å². The van der Waals surface area contributed by atoms with E-state index < -0.39 is 5.97 Å². The van der Waals surface area contributed by atoms with Crippen LogP contribution in [0.2, 0.25) is 25.1 Å². The molecule has 0 saturated carbocycles. The van der Waals surface area contributed by atoms with Crippen LogP contribution in [0.3, 0.4) is 0 Å². The van der Waals surface area contributed by atoms with Gasteiger partial charge in [0.15, 0.2) is 0 Å². The molecule has 0 unspecified atom stereocenters. The molecule has 0 spiro atoms. The molecule has 1 heterocycles. The van der Waals surface area contributed by atoms with E-state index in [-0.39, 0.29) is 30.7 Å². The van der Waals surface area contributed by atoms with Crippen LogP contribution in [-0.4, -0.2) is 16.1 Å². The van der Waals surface area contributed by atoms with Crippen molar-refractivity contribution in [1.82, 2.24) is 4.98 Å². The molecule has 0 fully saturated rings. The summed E-state index contributed by atoms with van der Waals surface area (Å²) >= 11 is 30.0. The standard InChI is InChI=1S/C12H4Cl5NO2/c13-7-6(8(14)10(16)11(17)9(7)15)5-2-1-4(3-18-5)12(19)20/h1-3H,(H,19,20). The van der Waals surface area contributed by atoms with Crippen LogP contribution < -0.4 is 0 Å². The molecule has 20 heavy (non-hydrogen) atoms. The molecular weight excluding hydrogens is 367 g/mol. The van der Waals surface area contributed by atoms with Gasteiger partial charge in [0.1, 0.15) is 0 Å². The van der Waals surface area contributed by atoms with E-state index in [0.29, 0.717) is 11.3 Å². The first-order chi connectivity index (χ1) is 9.34. The molecule has 2 aromatic rings. The number of hydrogen-bond donors (Lipinski definition) is 1. The number of carboxylic acids is 1. The van der Waals surface area contributed by atoms with E-state index >= 15 is 0 Å². The van der Waals surface area contributed by atoms with E-state index in [1.54, 1.807) is 0 Å². The minimum atomic E-state index is -1.09. The highest BCUT2D eigenvalue weighted by Gasteiger charge is 2.21. The lowest BCUT2D eigenvalue weighted by molar-refractivity contribution is 0.0696. The van der Waals surface area contributed by atoms with Crippen molar-refractivity contribution in [2.24, 2.45) is 0 Å². The molecule has 0 amide bonds. The van der Waals surface area contributed by atoms with Crippen LogP contribution in [0.25, 0.3) is 11.3 Å². The Kier molecular flexibility index (Phi) is 4.67. The zero-order valence-corrected chi connectivity index (χ0v) is 13.2. The van der Waals surface area contributed by atoms with Crippen molar-refractivity contribution < 1.29 is 9.90 Å². The summed E-state index contributed by atoms with van der Waals surface area (Å²) in [4.78, 5) is 14.8. The van der Waals surface area contributed by atoms with Gasteiger partial charge in [-0.05, 0) is 12.1 Å². The van der Waals surface area contributed by atoms with Gasteiger partial charge >= 0.3 is 5.97 Å². The van der Waals surface area contributed by atoms with E-state index in [0.717, 1.165) is 0 Å². The monoisotopic (exact) mass is 369 g/mol. The van der Waals surface area contributed by atoms with Crippen LogP contribution >= 0.6 is 58.0 Å². The van der Waals surface area contributed by atoms with Gasteiger partial charge in [0, 0.05) is 11.8 Å². The minimum Gasteiger partial charge on any atom is -0.478 e. The lowest BCUT2D eigenvalue weighted by atomic mass is 10.1. The summed E-state index contributed by atoms with van der Waals surface area (Å²) < 4.78 is 0. The Morgan fingerprint density at radius 1 is 0.900 bits per heavy atom. The molecule has 0 atom stereocenters. The number of nitrogens with zero attached hydrogens (tertiary/aromatic N) is 1. The van der Waals surface area contributed by atoms with Crippen LogP contribution in [0, 0.1) is 0 Å². The Balaban J connectivity index is 2.67. The molecule has 1 aromatic heterocycles. The normalized spacial score (nSPS) is 10.7. The summed E-state index contributed by atoms with van der Waals surface area (Å²) in [5, 5.41) is 9.19. The predicted molar refractivity (Wildman–Crippen MR) is 81.7 cm³/mol. The highest BCUT2D eigenvalue weighted by atomic mass is 35.5. The van der Waals surface area contributed by atoms with Crippen LogP contribution in [0.5, 0.6) is 0 Å². The van der Waals surface area contributed by atoms with Gasteiger partial charge in [-0.1, -0.05) is 58.0 Å². The zero-order valence-electron chi connectivity index (χ0n) is 9.42. The summed E-state index contributed by atoms with van der Waals surface area (Å²) in [6.45, 7) is 0. The van der Waals surface area contributed by atoms with E-state index in [9.17, 15) is 4.79 Å². The van der Waals surface area contributed by atoms with Crippen molar-refractivity contribution >= 4 is 64.0 Å². The summed E-state index contributed by atoms with van der Waals surface area (Å²) in [6.07, 6.45) is 1.18. The van der Waals surface area contributed by atoms with Crippen molar-refractivity contribution in [2.45, 2.75) is 0 Å². The van der Waals surface area contributed by atoms with Gasteiger partial charge in [-0.25, -0.2) is 4.79 Å². The summed E-state index contributed by atoms with van der Waals surface area (Å²) in [5.41, 5.74) is 0.669. The average molecular weight is 371 g/mol. The summed E-state index contributed by atoms with van der Waals surface area (Å²) in [6, 6.07) is 2.82. The Morgan fingerprint density at radius 3 is 1.80 bits per heavy atom. The fourth-order valence-electron chi connectivity index (χ4n) is 1.50. The molecule has 2 rings (SSSR count). The molecular formula is C12H4Cl5NO2. The largest absolute Gasteiger partial charge is 0.478 e. The molecule has 1 N–H and O–H groups in total. The Labute approximate surface area is 139 Å². The Morgan fingerprint density at radius 2 is 1.40 bits per heavy atom. The van der Waals surface area contributed by atoms with Gasteiger partial charge in [-0.3, -0.25) is 4.98 Å². The third kappa shape index (κ3) is 2.69. The first-order valence-electron chi connectivity index (χ1n) is 5.05. The van der Waals surface area contributed by atoms with Crippen LogP contribution in [0.1, 0.15) is 10.4 Å². The summed E-state index contributed by atoms with van der Waals surface area (Å²) in [5.74, 6) is -1.09. The second-order valence-corrected chi connectivity index (χ2v) is 5.57. The van der Waals surface area contributed by atoms with Gasteiger partial charge < -0.3 is 5.11 Å². The van der Waals surface area contributed by atoms with Crippen LogP contribution in [-0.2, 0) is 0 Å². The number of carboxylic acid groups (broad SMARTS) is 1. The first kappa shape index (κ1) is 15.7. The minimum absolute atomic E-state index is 0.0344. The van der Waals surface area contributed by atoms with Crippen LogP contribution in [0.15, 0.2) is 18.3 Å². The fraction of sp³-hybridized carbons (Fsp3) is 0. The number of carbonyl (C=O) groups is 1. The molecule has 8 heteroatoms. The van der Waals surface area contributed by atoms with E-state index in [2.05, 4.69) is 4.98 Å². The number of rotatable bonds is 2. The van der Waals surface area contributed by atoms with E-state index in [1.165, 1.54) is 18.3 Å². The number of pyridine rings is 1. The highest BCUT2D eigenvalue weighted by molar-refractivity contribution is 6.56. The molecule has 0 aliphatic rings. The quantitative estimate of drug-likeness (QED) is 0.543. The number of halogens is 5. The molecule has 0 aliphatic carbocycles. The van der Waals surface area contributed by atoms with Crippen molar-refractivity contribution in [3.05, 3.63) is 49.0 Å². The van der Waals surface area contributed by atoms with Crippen molar-refractivity contribution in [1.29, 1.82) is 0 Å². The highest BCUT2D eigenvalue weighted by Crippen LogP contribution is 2.47. The second kappa shape index (κ2) is 5.96. The van der Waals surface area contributed by atoms with Crippen molar-refractivity contribution in [2.75, 3.05) is 0 Å². The second-order valence-electron chi connectivity index (χ2n) is 3.68. The van der Waals surface area contributed by atoms with Gasteiger partial charge in [0.2, 0.25) is 0 Å². The van der Waals surface area contributed by atoms with Gasteiger partial charge in [-0.15, -0.1) is 0 Å². The topological polar surface area (TPSA) is 50.2 Å². The molecule has 0 radical (unpaired) electrons. The third-order valence-corrected chi connectivity index (χ3v) is 4.75. The summed E-state index contributed by atoms with van der Waals surface area (Å²) in [7, 11) is 0. The molecule has 104 valence electrons. The lowest BCUT2D eigenvalue weighted by Gasteiger charge is -2.12. The Hall–Kier alpha value is -0.710. The van der Waals surface area contributed by atoms with Gasteiger partial charge in [-0.2, -0.15) is 0 Å². The fourth-order valence-corrected chi connectivity index (χ4v) is 2.83. The van der Waals surface area contributed by atoms with Gasteiger partial charge in [0.05, 0.1) is 36.4 Å². The average Bonchev–Trinajstić information content (AvgIpc) is 2.44. The maximum absolute atomic E-state index is 10.8. The molecule has 0 saturated heterocycles.